The lowest BCUT2D eigenvalue weighted by Gasteiger charge is -2.26. The van der Waals surface area contributed by atoms with Gasteiger partial charge in [-0.2, -0.15) is 0 Å². The number of amides is 2. The Morgan fingerprint density at radius 2 is 1.79 bits per heavy atom. The van der Waals surface area contributed by atoms with Gasteiger partial charge in [-0.25, -0.2) is 0 Å². The first-order chi connectivity index (χ1) is 13.4. The molecule has 1 heterocycles. The van der Waals surface area contributed by atoms with Gasteiger partial charge in [0, 0.05) is 0 Å². The van der Waals surface area contributed by atoms with Crippen LogP contribution in [0.1, 0.15) is 24.2 Å². The fourth-order valence-corrected chi connectivity index (χ4v) is 4.81. The molecule has 2 aromatic carbocycles. The first-order valence-corrected chi connectivity index (χ1v) is 10.9. The van der Waals surface area contributed by atoms with E-state index < -0.39 is 19.7 Å². The van der Waals surface area contributed by atoms with E-state index in [1.807, 2.05) is 0 Å². The predicted molar refractivity (Wildman–Crippen MR) is 109 cm³/mol. The molecule has 7 nitrogen and oxygen atoms in total. The molecule has 1 aliphatic heterocycles. The van der Waals surface area contributed by atoms with Crippen molar-refractivity contribution in [1.82, 2.24) is 0 Å². The van der Waals surface area contributed by atoms with Crippen LogP contribution in [0.15, 0.2) is 42.5 Å². The zero-order valence-electron chi connectivity index (χ0n) is 15.5. The molecule has 0 fully saturated rings. The van der Waals surface area contributed by atoms with Crippen LogP contribution in [0.2, 0.25) is 5.02 Å². The maximum absolute atomic E-state index is 13.3. The second kappa shape index (κ2) is 8.45. The Balaban J connectivity index is 2.14. The summed E-state index contributed by atoms with van der Waals surface area (Å²) in [5.41, 5.74) is 1.33. The number of carbonyl (C=O) groups excluding carboxylic acids is 2. The number of halogens is 1. The number of rotatable bonds is 6. The van der Waals surface area contributed by atoms with Crippen molar-refractivity contribution in [2.45, 2.75) is 13.8 Å². The Morgan fingerprint density at radius 3 is 2.46 bits per heavy atom. The van der Waals surface area contributed by atoms with E-state index in [0.29, 0.717) is 22.6 Å². The van der Waals surface area contributed by atoms with Gasteiger partial charge in [-0.15, -0.1) is 0 Å². The van der Waals surface area contributed by atoms with E-state index in [9.17, 15) is 14.2 Å². The molecule has 0 bridgehead atoms. The van der Waals surface area contributed by atoms with Gasteiger partial charge in [-0.3, -0.25) is 19.1 Å². The van der Waals surface area contributed by atoms with E-state index in [-0.39, 0.29) is 24.1 Å². The Bertz CT molecular complexity index is 955. The molecule has 0 radical (unpaired) electrons. The lowest BCUT2D eigenvalue weighted by Crippen LogP contribution is -2.30. The lowest BCUT2D eigenvalue weighted by atomic mass is 10.1. The van der Waals surface area contributed by atoms with Crippen molar-refractivity contribution in [3.05, 3.63) is 53.1 Å². The molecule has 0 atom stereocenters. The molecule has 1 N–H and O–H groups in total. The highest BCUT2D eigenvalue weighted by Crippen LogP contribution is 2.50. The number of nitrogens with one attached hydrogen (secondary N) is 1. The maximum atomic E-state index is 13.3. The SMILES string of the molecule is CCOP(=O)(CC(=O)N1c2ccccc2C(=O)Nc2cccc(Cl)c21)OCC. The predicted octanol–water partition coefficient (Wildman–Crippen LogP) is 4.84. The average Bonchev–Trinajstić information content (AvgIpc) is 2.77. The normalized spacial score (nSPS) is 13.4. The van der Waals surface area contributed by atoms with Crippen LogP contribution in [0, 0.1) is 0 Å². The molecular formula is C19H20ClN2O5P. The zero-order chi connectivity index (χ0) is 20.3. The van der Waals surface area contributed by atoms with Crippen LogP contribution < -0.4 is 10.2 Å². The zero-order valence-corrected chi connectivity index (χ0v) is 17.1. The summed E-state index contributed by atoms with van der Waals surface area (Å²) in [5.74, 6) is -0.921. The van der Waals surface area contributed by atoms with Crippen LogP contribution in [0.25, 0.3) is 0 Å². The van der Waals surface area contributed by atoms with Crippen LogP contribution in [0.3, 0.4) is 0 Å². The molecule has 0 aromatic heterocycles. The number of carbonyl (C=O) groups is 2. The van der Waals surface area contributed by atoms with Gasteiger partial charge in [0.25, 0.3) is 5.91 Å². The van der Waals surface area contributed by atoms with Crippen LogP contribution >= 0.6 is 19.2 Å². The molecule has 9 heteroatoms. The standard InChI is InChI=1S/C19H20ClN2O5P/c1-3-26-28(25,27-4-2)12-17(23)22-16-11-6-5-8-13(16)19(24)21-15-10-7-9-14(20)18(15)22/h5-11H,3-4,12H2,1-2H3,(H,21,24). The largest absolute Gasteiger partial charge is 0.340 e. The number of fused-ring (bicyclic) bond motifs is 2. The Morgan fingerprint density at radius 1 is 1.11 bits per heavy atom. The summed E-state index contributed by atoms with van der Waals surface area (Å²) in [5, 5.41) is 3.04. The third-order valence-electron chi connectivity index (χ3n) is 4.08. The van der Waals surface area contributed by atoms with E-state index in [1.54, 1.807) is 56.3 Å². The molecule has 3 rings (SSSR count). The fourth-order valence-electron chi connectivity index (χ4n) is 3.03. The number of hydrogen-bond acceptors (Lipinski definition) is 5. The fraction of sp³-hybridized carbons (Fsp3) is 0.263. The van der Waals surface area contributed by atoms with Crippen molar-refractivity contribution in [3.8, 4) is 0 Å². The van der Waals surface area contributed by atoms with Gasteiger partial charge >= 0.3 is 7.60 Å². The summed E-state index contributed by atoms with van der Waals surface area (Å²) in [4.78, 5) is 27.2. The molecule has 28 heavy (non-hydrogen) atoms. The third kappa shape index (κ3) is 3.98. The Kier molecular flexibility index (Phi) is 6.20. The number of anilines is 3. The summed E-state index contributed by atoms with van der Waals surface area (Å²) in [7, 11) is -3.65. The molecule has 0 saturated heterocycles. The molecule has 0 unspecified atom stereocenters. The average molecular weight is 423 g/mol. The van der Waals surface area contributed by atoms with Crippen LogP contribution in [-0.2, 0) is 18.4 Å². The molecule has 0 saturated carbocycles. The minimum absolute atomic E-state index is 0.137. The molecular weight excluding hydrogens is 403 g/mol. The second-order valence-electron chi connectivity index (χ2n) is 5.94. The van der Waals surface area contributed by atoms with Crippen molar-refractivity contribution in [2.24, 2.45) is 0 Å². The topological polar surface area (TPSA) is 84.9 Å². The highest BCUT2D eigenvalue weighted by atomic mass is 35.5. The molecule has 2 amide bonds. The Hall–Kier alpha value is -2.18. The molecule has 148 valence electrons. The summed E-state index contributed by atoms with van der Waals surface area (Å²) in [6.07, 6.45) is -0.484. The summed E-state index contributed by atoms with van der Waals surface area (Å²) in [6.45, 7) is 3.62. The molecule has 0 aliphatic carbocycles. The molecule has 2 aromatic rings. The molecule has 1 aliphatic rings. The smallest absolute Gasteiger partial charge is 0.320 e. The minimum atomic E-state index is -3.65. The minimum Gasteiger partial charge on any atom is -0.320 e. The van der Waals surface area contributed by atoms with E-state index >= 15 is 0 Å². The van der Waals surface area contributed by atoms with E-state index in [4.69, 9.17) is 20.6 Å². The van der Waals surface area contributed by atoms with Gasteiger partial charge < -0.3 is 14.4 Å². The number of hydrogen-bond donors (Lipinski definition) is 1. The van der Waals surface area contributed by atoms with E-state index in [2.05, 4.69) is 5.32 Å². The summed E-state index contributed by atoms with van der Waals surface area (Å²) >= 11 is 6.38. The Labute approximate surface area is 168 Å². The van der Waals surface area contributed by atoms with Crippen LogP contribution in [-0.4, -0.2) is 31.2 Å². The van der Waals surface area contributed by atoms with Crippen molar-refractivity contribution in [3.63, 3.8) is 0 Å². The third-order valence-corrected chi connectivity index (χ3v) is 6.34. The van der Waals surface area contributed by atoms with Crippen molar-refractivity contribution >= 4 is 48.1 Å². The van der Waals surface area contributed by atoms with Crippen molar-refractivity contribution < 1.29 is 23.2 Å². The first kappa shape index (κ1) is 20.6. The highest BCUT2D eigenvalue weighted by Gasteiger charge is 2.36. The van der Waals surface area contributed by atoms with Crippen LogP contribution in [0.4, 0.5) is 17.1 Å². The van der Waals surface area contributed by atoms with Gasteiger partial charge in [0.2, 0.25) is 5.91 Å². The van der Waals surface area contributed by atoms with Gasteiger partial charge in [-0.05, 0) is 38.1 Å². The van der Waals surface area contributed by atoms with Gasteiger partial charge in [0.15, 0.2) is 0 Å². The number of para-hydroxylation sites is 2. The lowest BCUT2D eigenvalue weighted by molar-refractivity contribution is -0.115. The number of benzene rings is 2. The van der Waals surface area contributed by atoms with E-state index in [0.717, 1.165) is 0 Å². The summed E-state index contributed by atoms with van der Waals surface area (Å²) < 4.78 is 23.4. The summed E-state index contributed by atoms with van der Waals surface area (Å²) in [6, 6.07) is 11.6. The van der Waals surface area contributed by atoms with Gasteiger partial charge in [-0.1, -0.05) is 29.8 Å². The van der Waals surface area contributed by atoms with Crippen molar-refractivity contribution in [2.75, 3.05) is 29.6 Å². The number of nitrogens with zero attached hydrogens (tertiary/aromatic N) is 1. The highest BCUT2D eigenvalue weighted by molar-refractivity contribution is 7.54. The van der Waals surface area contributed by atoms with E-state index in [1.165, 1.54) is 4.90 Å². The quantitative estimate of drug-likeness (QED) is 0.673. The van der Waals surface area contributed by atoms with Gasteiger partial charge in [0.05, 0.1) is 40.9 Å². The van der Waals surface area contributed by atoms with Crippen molar-refractivity contribution in [1.29, 1.82) is 0 Å². The monoisotopic (exact) mass is 422 g/mol. The second-order valence-corrected chi connectivity index (χ2v) is 8.40. The van der Waals surface area contributed by atoms with Gasteiger partial charge in [0.1, 0.15) is 6.16 Å². The maximum Gasteiger partial charge on any atom is 0.340 e. The first-order valence-electron chi connectivity index (χ1n) is 8.80. The molecule has 0 spiro atoms. The van der Waals surface area contributed by atoms with Crippen LogP contribution in [0.5, 0.6) is 0 Å².